The summed E-state index contributed by atoms with van der Waals surface area (Å²) in [5.41, 5.74) is 5.79. The van der Waals surface area contributed by atoms with Crippen LogP contribution in [0.1, 0.15) is 116 Å². The second kappa shape index (κ2) is 25.3. The minimum absolute atomic E-state index is 0.0348. The number of aliphatic hydroxyl groups is 3. The van der Waals surface area contributed by atoms with Crippen LogP contribution >= 0.6 is 0 Å². The summed E-state index contributed by atoms with van der Waals surface area (Å²) in [5, 5.41) is 31.2. The first kappa shape index (κ1) is 49.2. The molecule has 0 aliphatic carbocycles. The molecule has 0 aliphatic heterocycles. The molecule has 0 aromatic carbocycles. The normalized spacial score (nSPS) is 17.0. The molecule has 2 atom stereocenters. The minimum atomic E-state index is -0.845. The van der Waals surface area contributed by atoms with Crippen LogP contribution in [0.25, 0.3) is 0 Å². The zero-order valence-electron chi connectivity index (χ0n) is 35.7. The smallest absolute Gasteiger partial charge is 0.0657 e. The topological polar surface area (TPSA) is 60.7 Å². The molecule has 0 radical (unpaired) electrons. The van der Waals surface area contributed by atoms with Gasteiger partial charge in [0.15, 0.2) is 0 Å². The molecule has 3 N–H and O–H groups in total. The van der Waals surface area contributed by atoms with Crippen molar-refractivity contribution < 1.29 is 15.3 Å². The van der Waals surface area contributed by atoms with E-state index in [9.17, 15) is 15.3 Å². The van der Waals surface area contributed by atoms with E-state index < -0.39 is 16.8 Å². The lowest BCUT2D eigenvalue weighted by atomic mass is 9.84. The van der Waals surface area contributed by atoms with Gasteiger partial charge in [-0.3, -0.25) is 0 Å². The van der Waals surface area contributed by atoms with Crippen molar-refractivity contribution in [2.75, 3.05) is 0 Å². The highest BCUT2D eigenvalue weighted by Gasteiger charge is 2.26. The van der Waals surface area contributed by atoms with Gasteiger partial charge in [0.2, 0.25) is 0 Å². The minimum Gasteiger partial charge on any atom is -0.390 e. The van der Waals surface area contributed by atoms with Crippen LogP contribution in [0.2, 0.25) is 0 Å². The van der Waals surface area contributed by atoms with Crippen molar-refractivity contribution in [2.24, 2.45) is 11.8 Å². The van der Waals surface area contributed by atoms with Crippen molar-refractivity contribution in [3.63, 3.8) is 0 Å². The fraction of sp³-hybridized carbons (Fsp3) is 0.440. The van der Waals surface area contributed by atoms with Gasteiger partial charge in [0, 0.05) is 11.8 Å². The van der Waals surface area contributed by atoms with Crippen LogP contribution in [0.4, 0.5) is 0 Å². The third-order valence-corrected chi connectivity index (χ3v) is 8.55. The Balaban J connectivity index is 5.08. The predicted molar refractivity (Wildman–Crippen MR) is 236 cm³/mol. The zero-order valence-corrected chi connectivity index (χ0v) is 35.7. The molecule has 0 saturated carbocycles. The van der Waals surface area contributed by atoms with Crippen molar-refractivity contribution >= 4 is 0 Å². The summed E-state index contributed by atoms with van der Waals surface area (Å²) in [6, 6.07) is 0. The van der Waals surface area contributed by atoms with Crippen molar-refractivity contribution in [3.05, 3.63) is 167 Å². The summed E-state index contributed by atoms with van der Waals surface area (Å²) in [6.45, 7) is 27.6. The SMILES string of the molecule is CC(C)=CC[C@H](/C=C/C(C)=C/C=C/C(C)=C/C=C/C(C)=C/C=C/C=C(C)/C=C/C=C(C)/C=C/C=C(C)/C=C/[C@H](CCC(C)(C)O)C(C)(C)O)C(C)(C)O. The Bertz CT molecular complexity index is 1540. The molecule has 0 bridgehead atoms. The van der Waals surface area contributed by atoms with E-state index in [1.54, 1.807) is 13.8 Å². The van der Waals surface area contributed by atoms with E-state index in [0.29, 0.717) is 6.42 Å². The summed E-state index contributed by atoms with van der Waals surface area (Å²) in [5.74, 6) is 0.0319. The van der Waals surface area contributed by atoms with Crippen molar-refractivity contribution in [3.8, 4) is 0 Å². The molecule has 0 aromatic heterocycles. The molecule has 0 aromatic rings. The van der Waals surface area contributed by atoms with E-state index in [-0.39, 0.29) is 11.8 Å². The van der Waals surface area contributed by atoms with Gasteiger partial charge >= 0.3 is 0 Å². The van der Waals surface area contributed by atoms with Crippen LogP contribution < -0.4 is 0 Å². The number of hydrogen-bond donors (Lipinski definition) is 3. The monoisotopic (exact) mass is 723 g/mol. The molecule has 0 saturated heterocycles. The fourth-order valence-electron chi connectivity index (χ4n) is 4.85. The van der Waals surface area contributed by atoms with E-state index >= 15 is 0 Å². The van der Waals surface area contributed by atoms with Gasteiger partial charge in [0.05, 0.1) is 16.8 Å². The Morgan fingerprint density at radius 2 is 0.736 bits per heavy atom. The molecular formula is C50H74O3. The zero-order chi connectivity index (χ0) is 40.7. The highest BCUT2D eigenvalue weighted by molar-refractivity contribution is 5.34. The molecule has 3 nitrogen and oxygen atoms in total. The lowest BCUT2D eigenvalue weighted by Gasteiger charge is -2.29. The van der Waals surface area contributed by atoms with Gasteiger partial charge in [-0.15, -0.1) is 0 Å². The molecule has 292 valence electrons. The predicted octanol–water partition coefficient (Wildman–Crippen LogP) is 13.2. The maximum atomic E-state index is 10.6. The molecular weight excluding hydrogens is 649 g/mol. The van der Waals surface area contributed by atoms with Crippen molar-refractivity contribution in [2.45, 2.75) is 133 Å². The fourth-order valence-corrected chi connectivity index (χ4v) is 4.85. The van der Waals surface area contributed by atoms with E-state index in [1.165, 1.54) is 11.1 Å². The standard InChI is InChI=1S/C50H74O3/c1-39(2)31-34-46(49(11,12)52)35-32-44(7)29-19-27-42(5)25-17-23-40(3)21-15-16-22-41(4)24-18-26-43(6)28-20-30-45(8)33-36-47(50(13,14)53)37-38-48(9,10)51/h15-33,35-36,46-47,51-53H,34,37-38H2,1-14H3/b16-15+,23-17+,24-18+,27-19+,28-20+,35-32+,36-33+,40-21+,41-22+,42-25+,43-26+,44-29+,45-30+/t46-,47-/m1/s1. The van der Waals surface area contributed by atoms with Crippen LogP contribution in [-0.2, 0) is 0 Å². The van der Waals surface area contributed by atoms with Crippen molar-refractivity contribution in [1.29, 1.82) is 0 Å². The van der Waals surface area contributed by atoms with E-state index in [4.69, 9.17) is 0 Å². The van der Waals surface area contributed by atoms with Crippen LogP contribution in [0.15, 0.2) is 167 Å². The Morgan fingerprint density at radius 1 is 0.434 bits per heavy atom. The Kier molecular flexibility index (Phi) is 23.5. The summed E-state index contributed by atoms with van der Waals surface area (Å²) in [6.07, 6.45) is 45.9. The second-order valence-electron chi connectivity index (χ2n) is 16.4. The molecule has 0 unspecified atom stereocenters. The first-order valence-corrected chi connectivity index (χ1v) is 19.1. The second-order valence-corrected chi connectivity index (χ2v) is 16.4. The van der Waals surface area contributed by atoms with Crippen LogP contribution in [-0.4, -0.2) is 32.1 Å². The Hall–Kier alpha value is -3.76. The average molecular weight is 723 g/mol. The molecule has 0 fully saturated rings. The van der Waals surface area contributed by atoms with Crippen LogP contribution in [0.5, 0.6) is 0 Å². The summed E-state index contributed by atoms with van der Waals surface area (Å²) >= 11 is 0. The van der Waals surface area contributed by atoms with Gasteiger partial charge in [-0.25, -0.2) is 0 Å². The molecule has 3 heteroatoms. The Morgan fingerprint density at radius 3 is 1.04 bits per heavy atom. The van der Waals surface area contributed by atoms with E-state index in [2.05, 4.69) is 164 Å². The van der Waals surface area contributed by atoms with Gasteiger partial charge in [-0.2, -0.15) is 0 Å². The molecule has 0 heterocycles. The molecule has 0 aliphatic rings. The van der Waals surface area contributed by atoms with Gasteiger partial charge in [-0.1, -0.05) is 167 Å². The highest BCUT2D eigenvalue weighted by Crippen LogP contribution is 2.27. The Labute approximate surface area is 325 Å². The quantitative estimate of drug-likeness (QED) is 0.0816. The maximum absolute atomic E-state index is 10.6. The third-order valence-electron chi connectivity index (χ3n) is 8.55. The highest BCUT2D eigenvalue weighted by atomic mass is 16.3. The maximum Gasteiger partial charge on any atom is 0.0657 e. The van der Waals surface area contributed by atoms with Gasteiger partial charge in [0.1, 0.15) is 0 Å². The third kappa shape index (κ3) is 28.4. The number of allylic oxidation sites excluding steroid dienone is 26. The van der Waals surface area contributed by atoms with Gasteiger partial charge < -0.3 is 15.3 Å². The number of rotatable bonds is 21. The first-order chi connectivity index (χ1) is 24.5. The van der Waals surface area contributed by atoms with Crippen molar-refractivity contribution in [1.82, 2.24) is 0 Å². The molecule has 53 heavy (non-hydrogen) atoms. The number of hydrogen-bond acceptors (Lipinski definition) is 3. The van der Waals surface area contributed by atoms with E-state index in [1.807, 2.05) is 46.8 Å². The molecule has 0 rings (SSSR count). The molecule has 0 amide bonds. The summed E-state index contributed by atoms with van der Waals surface area (Å²) < 4.78 is 0. The largest absolute Gasteiger partial charge is 0.390 e. The van der Waals surface area contributed by atoms with Gasteiger partial charge in [-0.05, 0) is 116 Å². The summed E-state index contributed by atoms with van der Waals surface area (Å²) in [4.78, 5) is 0. The van der Waals surface area contributed by atoms with Crippen LogP contribution in [0, 0.1) is 11.8 Å². The lowest BCUT2D eigenvalue weighted by Crippen LogP contribution is -2.31. The van der Waals surface area contributed by atoms with Gasteiger partial charge in [0.25, 0.3) is 0 Å². The summed E-state index contributed by atoms with van der Waals surface area (Å²) in [7, 11) is 0. The lowest BCUT2D eigenvalue weighted by molar-refractivity contribution is 0.0140. The average Bonchev–Trinajstić information content (AvgIpc) is 3.01. The van der Waals surface area contributed by atoms with E-state index in [0.717, 1.165) is 40.7 Å². The van der Waals surface area contributed by atoms with Crippen LogP contribution in [0.3, 0.4) is 0 Å². The molecule has 0 spiro atoms. The first-order valence-electron chi connectivity index (χ1n) is 19.1.